The molecular weight excluding hydrogens is 200 g/mol. The van der Waals surface area contributed by atoms with E-state index in [9.17, 15) is 5.11 Å². The van der Waals surface area contributed by atoms with E-state index in [1.54, 1.807) is 0 Å². The van der Waals surface area contributed by atoms with Crippen molar-refractivity contribution in [2.75, 3.05) is 26.2 Å². The van der Waals surface area contributed by atoms with Crippen LogP contribution in [0.1, 0.15) is 38.5 Å². The molecule has 1 saturated heterocycles. The van der Waals surface area contributed by atoms with E-state index in [1.165, 1.54) is 51.9 Å². The molecule has 2 aliphatic carbocycles. The van der Waals surface area contributed by atoms with Crippen LogP contribution in [-0.2, 0) is 0 Å². The van der Waals surface area contributed by atoms with Crippen LogP contribution in [0.15, 0.2) is 0 Å². The van der Waals surface area contributed by atoms with E-state index in [0.29, 0.717) is 6.04 Å². The number of hydrogen-bond donors (Lipinski definition) is 1. The lowest BCUT2D eigenvalue weighted by molar-refractivity contribution is -0.0229. The fourth-order valence-electron chi connectivity index (χ4n) is 3.59. The van der Waals surface area contributed by atoms with E-state index >= 15 is 0 Å². The third-order valence-corrected chi connectivity index (χ3v) is 4.79. The van der Waals surface area contributed by atoms with Crippen molar-refractivity contribution in [1.82, 2.24) is 9.80 Å². The van der Waals surface area contributed by atoms with Crippen molar-refractivity contribution in [2.24, 2.45) is 0 Å². The number of aliphatic hydroxyl groups is 1. The van der Waals surface area contributed by atoms with Gasteiger partial charge in [-0.15, -0.1) is 0 Å². The molecule has 3 fully saturated rings. The highest BCUT2D eigenvalue weighted by molar-refractivity contribution is 4.90. The summed E-state index contributed by atoms with van der Waals surface area (Å²) in [5.41, 5.74) is 0. The zero-order valence-corrected chi connectivity index (χ0v) is 10.1. The monoisotopic (exact) mass is 224 g/mol. The molecule has 1 heterocycles. The first-order valence-corrected chi connectivity index (χ1v) is 6.99. The Bertz CT molecular complexity index is 226. The molecule has 3 nitrogen and oxygen atoms in total. The first-order chi connectivity index (χ1) is 7.83. The first-order valence-electron chi connectivity index (χ1n) is 6.99. The summed E-state index contributed by atoms with van der Waals surface area (Å²) >= 11 is 0. The van der Waals surface area contributed by atoms with Crippen molar-refractivity contribution in [2.45, 2.75) is 56.7 Å². The molecule has 0 atom stereocenters. The van der Waals surface area contributed by atoms with Crippen molar-refractivity contribution >= 4 is 0 Å². The number of nitrogens with zero attached hydrogens (tertiary/aromatic N) is 2. The van der Waals surface area contributed by atoms with E-state index in [2.05, 4.69) is 9.80 Å². The van der Waals surface area contributed by atoms with Crippen molar-refractivity contribution < 1.29 is 5.11 Å². The van der Waals surface area contributed by atoms with Crippen LogP contribution in [0.3, 0.4) is 0 Å². The molecule has 0 spiro atoms. The van der Waals surface area contributed by atoms with E-state index in [4.69, 9.17) is 0 Å². The van der Waals surface area contributed by atoms with Gasteiger partial charge in [-0.05, 0) is 25.7 Å². The smallest absolute Gasteiger partial charge is 0.0570 e. The molecule has 0 aromatic rings. The Morgan fingerprint density at radius 3 is 1.75 bits per heavy atom. The Morgan fingerprint density at radius 1 is 0.750 bits per heavy atom. The summed E-state index contributed by atoms with van der Waals surface area (Å²) < 4.78 is 0. The highest BCUT2D eigenvalue weighted by atomic mass is 16.3. The number of hydrogen-bond acceptors (Lipinski definition) is 3. The predicted molar refractivity (Wildman–Crippen MR) is 64.4 cm³/mol. The maximum absolute atomic E-state index is 9.34. The predicted octanol–water partition coefficient (Wildman–Crippen LogP) is 1.07. The molecule has 92 valence electrons. The first kappa shape index (κ1) is 11.0. The van der Waals surface area contributed by atoms with Gasteiger partial charge in [0.25, 0.3) is 0 Å². The largest absolute Gasteiger partial charge is 0.393 e. The van der Waals surface area contributed by atoms with Crippen molar-refractivity contribution in [3.63, 3.8) is 0 Å². The van der Waals surface area contributed by atoms with Gasteiger partial charge in [0.2, 0.25) is 0 Å². The minimum atomic E-state index is -0.00198. The van der Waals surface area contributed by atoms with Gasteiger partial charge in [-0.3, -0.25) is 9.80 Å². The molecule has 0 unspecified atom stereocenters. The Kier molecular flexibility index (Phi) is 3.18. The molecule has 3 heteroatoms. The van der Waals surface area contributed by atoms with E-state index in [0.717, 1.165) is 18.9 Å². The van der Waals surface area contributed by atoms with Crippen LogP contribution in [-0.4, -0.2) is 59.3 Å². The minimum Gasteiger partial charge on any atom is -0.393 e. The van der Waals surface area contributed by atoms with Crippen LogP contribution in [0, 0.1) is 0 Å². The van der Waals surface area contributed by atoms with Crippen LogP contribution in [0.4, 0.5) is 0 Å². The topological polar surface area (TPSA) is 26.7 Å². The summed E-state index contributed by atoms with van der Waals surface area (Å²) in [4.78, 5) is 5.30. The molecular formula is C13H24N2O. The summed E-state index contributed by atoms with van der Waals surface area (Å²) in [6.45, 7) is 4.98. The van der Waals surface area contributed by atoms with E-state index in [1.807, 2.05) is 0 Å². The third kappa shape index (κ3) is 2.13. The molecule has 0 radical (unpaired) electrons. The quantitative estimate of drug-likeness (QED) is 0.760. The van der Waals surface area contributed by atoms with Gasteiger partial charge < -0.3 is 5.11 Å². The van der Waals surface area contributed by atoms with Gasteiger partial charge in [0.15, 0.2) is 0 Å². The van der Waals surface area contributed by atoms with Crippen LogP contribution < -0.4 is 0 Å². The lowest BCUT2D eigenvalue weighted by Gasteiger charge is -2.46. The molecule has 1 aliphatic heterocycles. The zero-order chi connectivity index (χ0) is 11.0. The summed E-state index contributed by atoms with van der Waals surface area (Å²) in [5.74, 6) is 0. The molecule has 0 amide bonds. The standard InChI is InChI=1S/C13H24N2O/c16-13-9-12(10-13)15-7-5-14(6-8-15)11-3-1-2-4-11/h11-13,16H,1-10H2/t12-,13+. The average Bonchev–Trinajstić information content (AvgIpc) is 2.79. The van der Waals surface area contributed by atoms with Crippen molar-refractivity contribution in [3.05, 3.63) is 0 Å². The number of aliphatic hydroxyl groups excluding tert-OH is 1. The average molecular weight is 224 g/mol. The summed E-state index contributed by atoms with van der Waals surface area (Å²) in [7, 11) is 0. The SMILES string of the molecule is O[C@H]1C[C@@H](N2CCN(C3CCCC3)CC2)C1. The highest BCUT2D eigenvalue weighted by Crippen LogP contribution is 2.28. The fourth-order valence-corrected chi connectivity index (χ4v) is 3.59. The van der Waals surface area contributed by atoms with Gasteiger partial charge >= 0.3 is 0 Å². The fraction of sp³-hybridized carbons (Fsp3) is 1.00. The van der Waals surface area contributed by atoms with Gasteiger partial charge in [0.05, 0.1) is 6.10 Å². The summed E-state index contributed by atoms with van der Waals surface area (Å²) in [6, 6.07) is 1.59. The Morgan fingerprint density at radius 2 is 1.25 bits per heavy atom. The van der Waals surface area contributed by atoms with Crippen LogP contribution in [0.5, 0.6) is 0 Å². The molecule has 1 N–H and O–H groups in total. The molecule has 0 aromatic carbocycles. The van der Waals surface area contributed by atoms with Gasteiger partial charge in [0, 0.05) is 38.3 Å². The number of piperazine rings is 1. The normalized spacial score (nSPS) is 38.8. The second-order valence-corrected chi connectivity index (χ2v) is 5.79. The number of rotatable bonds is 2. The van der Waals surface area contributed by atoms with E-state index < -0.39 is 0 Å². The molecule has 0 aromatic heterocycles. The Hall–Kier alpha value is -0.120. The lowest BCUT2D eigenvalue weighted by Crippen LogP contribution is -2.56. The minimum absolute atomic E-state index is 0.00198. The summed E-state index contributed by atoms with van der Waals surface area (Å²) in [5, 5.41) is 9.34. The molecule has 3 rings (SSSR count). The maximum Gasteiger partial charge on any atom is 0.0570 e. The maximum atomic E-state index is 9.34. The van der Waals surface area contributed by atoms with E-state index in [-0.39, 0.29) is 6.10 Å². The lowest BCUT2D eigenvalue weighted by atomic mass is 9.87. The highest BCUT2D eigenvalue weighted by Gasteiger charge is 2.35. The second kappa shape index (κ2) is 4.63. The van der Waals surface area contributed by atoms with Crippen LogP contribution >= 0.6 is 0 Å². The van der Waals surface area contributed by atoms with Crippen molar-refractivity contribution in [1.29, 1.82) is 0 Å². The van der Waals surface area contributed by atoms with Crippen LogP contribution in [0.2, 0.25) is 0 Å². The summed E-state index contributed by atoms with van der Waals surface area (Å²) in [6.07, 6.45) is 7.79. The van der Waals surface area contributed by atoms with Crippen molar-refractivity contribution in [3.8, 4) is 0 Å². The van der Waals surface area contributed by atoms with Gasteiger partial charge in [-0.2, -0.15) is 0 Å². The van der Waals surface area contributed by atoms with Crippen LogP contribution in [0.25, 0.3) is 0 Å². The van der Waals surface area contributed by atoms with Gasteiger partial charge in [-0.1, -0.05) is 12.8 Å². The Labute approximate surface area is 98.4 Å². The molecule has 16 heavy (non-hydrogen) atoms. The molecule has 3 aliphatic rings. The van der Waals surface area contributed by atoms with Gasteiger partial charge in [0.1, 0.15) is 0 Å². The third-order valence-electron chi connectivity index (χ3n) is 4.79. The van der Waals surface area contributed by atoms with Gasteiger partial charge in [-0.25, -0.2) is 0 Å². The second-order valence-electron chi connectivity index (χ2n) is 5.79. The zero-order valence-electron chi connectivity index (χ0n) is 10.1. The Balaban J connectivity index is 1.44. The molecule has 2 saturated carbocycles. The molecule has 0 bridgehead atoms.